The Balaban J connectivity index is 1.44. The quantitative estimate of drug-likeness (QED) is 0.458. The summed E-state index contributed by atoms with van der Waals surface area (Å²) < 4.78 is 42.1. The number of rotatable bonds is 8. The van der Waals surface area contributed by atoms with Crippen LogP contribution in [0.3, 0.4) is 0 Å². The Morgan fingerprint density at radius 3 is 2.55 bits per heavy atom. The van der Waals surface area contributed by atoms with Crippen LogP contribution in [-0.2, 0) is 25.6 Å². The maximum atomic E-state index is 13.2. The molecule has 1 aromatic carbocycles. The number of benzene rings is 1. The van der Waals surface area contributed by atoms with Crippen LogP contribution in [0, 0.1) is 5.92 Å². The third kappa shape index (κ3) is 5.24. The zero-order valence-corrected chi connectivity index (χ0v) is 21.6. The molecule has 0 unspecified atom stereocenters. The van der Waals surface area contributed by atoms with Gasteiger partial charge in [-0.25, -0.2) is 0 Å². The predicted octanol–water partition coefficient (Wildman–Crippen LogP) is 4.15. The third-order valence-corrected chi connectivity index (χ3v) is 7.66. The molecule has 2 saturated carbocycles. The number of halogens is 3. The number of nitrogens with one attached hydrogen (secondary N) is 2. The second-order valence-corrected chi connectivity index (χ2v) is 11.1. The average Bonchev–Trinajstić information content (AvgIpc) is 3.41. The minimum absolute atomic E-state index is 0.0639. The van der Waals surface area contributed by atoms with Crippen molar-refractivity contribution < 1.29 is 18.0 Å². The lowest BCUT2D eigenvalue weighted by Crippen LogP contribution is -2.43. The fourth-order valence-corrected chi connectivity index (χ4v) is 5.43. The molecule has 0 aliphatic heterocycles. The monoisotopic (exact) mass is 528 g/mol. The van der Waals surface area contributed by atoms with Gasteiger partial charge >= 0.3 is 6.18 Å². The molecule has 11 heteroatoms. The topological polar surface area (TPSA) is 93.8 Å². The lowest BCUT2D eigenvalue weighted by molar-refractivity contribution is -0.141. The van der Waals surface area contributed by atoms with Gasteiger partial charge in [0.2, 0.25) is 0 Å². The van der Waals surface area contributed by atoms with Crippen LogP contribution >= 0.6 is 0 Å². The largest absolute Gasteiger partial charge is 0.406 e. The minimum Gasteiger partial charge on any atom is -0.322 e. The summed E-state index contributed by atoms with van der Waals surface area (Å²) in [6.45, 7) is 2.97. The Morgan fingerprint density at radius 2 is 1.95 bits per heavy atom. The van der Waals surface area contributed by atoms with E-state index in [0.29, 0.717) is 21.7 Å². The lowest BCUT2D eigenvalue weighted by Gasteiger charge is -2.46. The molecule has 0 radical (unpaired) electrons. The van der Waals surface area contributed by atoms with Gasteiger partial charge in [0.05, 0.1) is 5.41 Å². The van der Waals surface area contributed by atoms with E-state index >= 15 is 0 Å². The molecule has 202 valence electrons. The summed E-state index contributed by atoms with van der Waals surface area (Å²) in [5, 5.41) is 14.4. The number of aryl methyl sites for hydroxylation is 1. The smallest absolute Gasteiger partial charge is 0.322 e. The molecule has 2 aliphatic carbocycles. The fourth-order valence-electron chi connectivity index (χ4n) is 5.43. The first-order valence-electron chi connectivity index (χ1n) is 12.7. The molecule has 2 aliphatic rings. The second-order valence-electron chi connectivity index (χ2n) is 11.1. The summed E-state index contributed by atoms with van der Waals surface area (Å²) in [5.41, 5.74) is 0.103. The number of pyridine rings is 1. The van der Waals surface area contributed by atoms with Crippen molar-refractivity contribution >= 4 is 11.6 Å². The second kappa shape index (κ2) is 9.37. The SMILES string of the molecule is CC1CC(c2cccc(NC(=O)c3cc(CNC4(C)CC4)cn(CC(F)(F)F)c3=O)c2)(c2nncn2C)C1. The van der Waals surface area contributed by atoms with E-state index in [2.05, 4.69) is 27.8 Å². The van der Waals surface area contributed by atoms with Crippen molar-refractivity contribution in [3.63, 3.8) is 0 Å². The summed E-state index contributed by atoms with van der Waals surface area (Å²) in [6, 6.07) is 8.69. The van der Waals surface area contributed by atoms with Crippen LogP contribution < -0.4 is 16.2 Å². The number of amides is 1. The van der Waals surface area contributed by atoms with Gasteiger partial charge in [-0.05, 0) is 67.9 Å². The summed E-state index contributed by atoms with van der Waals surface area (Å²) in [6.07, 6.45) is 1.90. The summed E-state index contributed by atoms with van der Waals surface area (Å²) in [4.78, 5) is 26.2. The van der Waals surface area contributed by atoms with Crippen molar-refractivity contribution in [3.05, 3.63) is 75.7 Å². The van der Waals surface area contributed by atoms with E-state index in [9.17, 15) is 22.8 Å². The highest BCUT2D eigenvalue weighted by molar-refractivity contribution is 6.04. The molecule has 38 heavy (non-hydrogen) atoms. The van der Waals surface area contributed by atoms with E-state index in [1.165, 1.54) is 12.3 Å². The van der Waals surface area contributed by atoms with Crippen molar-refractivity contribution in [1.29, 1.82) is 0 Å². The van der Waals surface area contributed by atoms with Gasteiger partial charge in [-0.3, -0.25) is 9.59 Å². The predicted molar refractivity (Wildman–Crippen MR) is 136 cm³/mol. The van der Waals surface area contributed by atoms with Gasteiger partial charge in [0.15, 0.2) is 0 Å². The van der Waals surface area contributed by atoms with E-state index in [1.54, 1.807) is 12.4 Å². The molecule has 8 nitrogen and oxygen atoms in total. The standard InChI is InChI=1S/C27H31F3N6O2/c1-17-11-26(12-17,24-34-32-16-35(24)3)19-5-4-6-20(10-19)33-22(37)21-9-18(13-31-25(2)7-8-25)14-36(23(21)38)15-27(28,29)30/h4-6,9-10,14,16-17,31H,7-8,11-13,15H2,1-3H3,(H,33,37). The maximum absolute atomic E-state index is 13.2. The molecule has 3 aromatic rings. The van der Waals surface area contributed by atoms with Gasteiger partial charge in [0.1, 0.15) is 24.3 Å². The number of carbonyl (C=O) groups excluding carboxylic acids is 1. The highest BCUT2D eigenvalue weighted by atomic mass is 19.4. The Hall–Kier alpha value is -3.47. The van der Waals surface area contributed by atoms with Crippen LogP contribution in [0.5, 0.6) is 0 Å². The Labute approximate surface area is 218 Å². The molecule has 0 atom stereocenters. The first-order valence-corrected chi connectivity index (χ1v) is 12.7. The van der Waals surface area contributed by atoms with Crippen molar-refractivity contribution in [2.24, 2.45) is 13.0 Å². The Bertz CT molecular complexity index is 1420. The van der Waals surface area contributed by atoms with Gasteiger partial charge in [0.25, 0.3) is 11.5 Å². The highest BCUT2D eigenvalue weighted by Gasteiger charge is 2.48. The van der Waals surface area contributed by atoms with E-state index in [1.807, 2.05) is 36.7 Å². The maximum Gasteiger partial charge on any atom is 0.406 e. The molecular weight excluding hydrogens is 497 g/mol. The summed E-state index contributed by atoms with van der Waals surface area (Å²) in [5.74, 6) is 0.571. The van der Waals surface area contributed by atoms with Gasteiger partial charge in [-0.1, -0.05) is 19.1 Å². The number of alkyl halides is 3. The first-order chi connectivity index (χ1) is 17.9. The number of carbonyl (C=O) groups is 1. The summed E-state index contributed by atoms with van der Waals surface area (Å²) in [7, 11) is 1.89. The van der Waals surface area contributed by atoms with Crippen LogP contribution in [0.4, 0.5) is 18.9 Å². The van der Waals surface area contributed by atoms with E-state index < -0.39 is 24.2 Å². The van der Waals surface area contributed by atoms with Crippen molar-refractivity contribution in [2.45, 2.75) is 69.8 Å². The van der Waals surface area contributed by atoms with Crippen molar-refractivity contribution in [2.75, 3.05) is 5.32 Å². The Kier molecular flexibility index (Phi) is 6.45. The molecular formula is C27H31F3N6O2. The molecule has 5 rings (SSSR count). The zero-order valence-electron chi connectivity index (χ0n) is 21.6. The fraction of sp³-hybridized carbons (Fsp3) is 0.481. The lowest BCUT2D eigenvalue weighted by atomic mass is 9.58. The van der Waals surface area contributed by atoms with E-state index in [0.717, 1.165) is 37.1 Å². The molecule has 2 fully saturated rings. The average molecular weight is 529 g/mol. The van der Waals surface area contributed by atoms with Gasteiger partial charge in [0, 0.05) is 31.0 Å². The normalized spacial score (nSPS) is 22.1. The van der Waals surface area contributed by atoms with E-state index in [-0.39, 0.29) is 23.1 Å². The van der Waals surface area contributed by atoms with Crippen molar-refractivity contribution in [1.82, 2.24) is 24.6 Å². The van der Waals surface area contributed by atoms with Crippen molar-refractivity contribution in [3.8, 4) is 0 Å². The number of anilines is 1. The number of hydrogen-bond donors (Lipinski definition) is 2. The van der Waals surface area contributed by atoms with E-state index in [4.69, 9.17) is 0 Å². The van der Waals surface area contributed by atoms with Gasteiger partial charge < -0.3 is 19.8 Å². The first kappa shape index (κ1) is 26.1. The van der Waals surface area contributed by atoms with Crippen LogP contribution in [0.15, 0.2) is 47.7 Å². The van der Waals surface area contributed by atoms with Crippen LogP contribution in [-0.4, -0.2) is 37.0 Å². The Morgan fingerprint density at radius 1 is 1.21 bits per heavy atom. The minimum atomic E-state index is -4.60. The molecule has 0 spiro atoms. The number of hydrogen-bond acceptors (Lipinski definition) is 5. The zero-order chi connectivity index (χ0) is 27.3. The molecule has 0 bridgehead atoms. The molecule has 2 heterocycles. The third-order valence-electron chi connectivity index (χ3n) is 7.66. The summed E-state index contributed by atoms with van der Waals surface area (Å²) >= 11 is 0. The molecule has 0 saturated heterocycles. The molecule has 1 amide bonds. The number of nitrogens with zero attached hydrogens (tertiary/aromatic N) is 4. The van der Waals surface area contributed by atoms with Gasteiger partial charge in [-0.2, -0.15) is 13.2 Å². The molecule has 2 aromatic heterocycles. The molecule has 2 N–H and O–H groups in total. The van der Waals surface area contributed by atoms with Crippen LogP contribution in [0.2, 0.25) is 0 Å². The highest BCUT2D eigenvalue weighted by Crippen LogP contribution is 2.51. The number of aromatic nitrogens is 4. The van der Waals surface area contributed by atoms with Gasteiger partial charge in [-0.15, -0.1) is 10.2 Å². The van der Waals surface area contributed by atoms with Crippen LogP contribution in [0.25, 0.3) is 0 Å². The van der Waals surface area contributed by atoms with Crippen LogP contribution in [0.1, 0.15) is 66.8 Å².